The first-order chi connectivity index (χ1) is 16.6. The monoisotopic (exact) mass is 496 g/mol. The maximum absolute atomic E-state index is 12.9. The first kappa shape index (κ1) is 25.4. The summed E-state index contributed by atoms with van der Waals surface area (Å²) in [6.45, 7) is 3.76. The van der Waals surface area contributed by atoms with Gasteiger partial charge < -0.3 is 9.47 Å². The first-order valence-corrected chi connectivity index (χ1v) is 13.8. The van der Waals surface area contributed by atoms with E-state index in [0.29, 0.717) is 24.3 Å². The van der Waals surface area contributed by atoms with Crippen molar-refractivity contribution in [2.24, 2.45) is 13.0 Å². The molecule has 7 nitrogen and oxygen atoms in total. The summed E-state index contributed by atoms with van der Waals surface area (Å²) in [5, 5.41) is 0. The number of sulfonamides is 1. The fourth-order valence-electron chi connectivity index (χ4n) is 4.80. The summed E-state index contributed by atoms with van der Waals surface area (Å²) in [7, 11) is 1.43. The lowest BCUT2D eigenvalue weighted by molar-refractivity contribution is -0.132. The number of aromatic nitrogens is 2. The molecule has 0 spiro atoms. The third-order valence-electron chi connectivity index (χ3n) is 7.22. The molecule has 1 saturated heterocycles. The molecule has 1 aromatic heterocycles. The number of aryl methyl sites for hydroxylation is 4. The van der Waals surface area contributed by atoms with Crippen LogP contribution in [0.3, 0.4) is 0 Å². The Morgan fingerprint density at radius 2 is 1.74 bits per heavy atom. The summed E-state index contributed by atoms with van der Waals surface area (Å²) in [6, 6.07) is 13.8. The number of fused-ring (bicyclic) bond motifs is 1. The second kappa shape index (κ2) is 10.5. The zero-order valence-corrected chi connectivity index (χ0v) is 22.0. The summed E-state index contributed by atoms with van der Waals surface area (Å²) in [4.78, 5) is 19.7. The van der Waals surface area contributed by atoms with Crippen LogP contribution in [0.4, 0.5) is 0 Å². The van der Waals surface area contributed by atoms with Gasteiger partial charge in [0.05, 0.1) is 15.9 Å². The molecule has 188 valence electrons. The molecule has 8 heteroatoms. The first-order valence-electron chi connectivity index (χ1n) is 12.4. The minimum Gasteiger partial charge on any atom is -0.343 e. The third-order valence-corrected chi connectivity index (χ3v) is 9.03. The number of benzene rings is 2. The smallest absolute Gasteiger partial charge is 0.242 e. The number of amides is 1. The molecule has 0 atom stereocenters. The molecule has 0 N–H and O–H groups in total. The van der Waals surface area contributed by atoms with Gasteiger partial charge in [-0.15, -0.1) is 0 Å². The summed E-state index contributed by atoms with van der Waals surface area (Å²) in [5.41, 5.74) is 4.18. The zero-order chi connectivity index (χ0) is 25.2. The second-order valence-electron chi connectivity index (χ2n) is 9.87. The van der Waals surface area contributed by atoms with Gasteiger partial charge in [-0.05, 0) is 62.3 Å². The predicted octanol–water partition coefficient (Wildman–Crippen LogP) is 3.94. The molecule has 0 unspecified atom stereocenters. The van der Waals surface area contributed by atoms with Gasteiger partial charge in [0, 0.05) is 47.1 Å². The fourth-order valence-corrected chi connectivity index (χ4v) is 5.72. The molecule has 4 rings (SSSR count). The Balaban J connectivity index is 1.30. The normalized spacial score (nSPS) is 15.3. The summed E-state index contributed by atoms with van der Waals surface area (Å²) < 4.78 is 28.0. The van der Waals surface area contributed by atoms with Gasteiger partial charge in [0.15, 0.2) is 0 Å². The Hall–Kier alpha value is -2.71. The van der Waals surface area contributed by atoms with Crippen LogP contribution in [0, 0.1) is 12.8 Å². The van der Waals surface area contributed by atoms with Gasteiger partial charge in [-0.25, -0.2) is 17.7 Å². The van der Waals surface area contributed by atoms with Gasteiger partial charge in [-0.1, -0.05) is 29.8 Å². The molecule has 35 heavy (non-hydrogen) atoms. The molecule has 1 aliphatic heterocycles. The average molecular weight is 497 g/mol. The molecule has 0 bridgehead atoms. The minimum absolute atomic E-state index is 0.171. The topological polar surface area (TPSA) is 75.5 Å². The number of imidazole rings is 1. The summed E-state index contributed by atoms with van der Waals surface area (Å²) >= 11 is 0. The van der Waals surface area contributed by atoms with Crippen molar-refractivity contribution in [3.8, 4) is 0 Å². The van der Waals surface area contributed by atoms with Crippen molar-refractivity contribution in [2.75, 3.05) is 27.2 Å². The summed E-state index contributed by atoms with van der Waals surface area (Å²) in [5.74, 6) is 1.64. The highest BCUT2D eigenvalue weighted by molar-refractivity contribution is 7.89. The van der Waals surface area contributed by atoms with Crippen LogP contribution in [0.25, 0.3) is 11.0 Å². The van der Waals surface area contributed by atoms with E-state index < -0.39 is 10.0 Å². The van der Waals surface area contributed by atoms with Gasteiger partial charge in [0.25, 0.3) is 0 Å². The predicted molar refractivity (Wildman–Crippen MR) is 139 cm³/mol. The van der Waals surface area contributed by atoms with Gasteiger partial charge in [-0.2, -0.15) is 0 Å². The van der Waals surface area contributed by atoms with E-state index in [0.717, 1.165) is 43.7 Å². The standard InChI is InChI=1S/C27H36N4O3S/c1-20-5-7-21(8-6-20)9-10-22-15-17-31(18-16-22)27(32)14-13-26-28-24-19-23(35(33,34)29(2)3)11-12-25(24)30(26)4/h5-8,11-12,19,22H,9-10,13-18H2,1-4H3. The van der Waals surface area contributed by atoms with Crippen molar-refractivity contribution in [2.45, 2.75) is 50.3 Å². The van der Waals surface area contributed by atoms with Gasteiger partial charge >= 0.3 is 0 Å². The van der Waals surface area contributed by atoms with E-state index in [1.54, 1.807) is 18.2 Å². The molecule has 1 amide bonds. The summed E-state index contributed by atoms with van der Waals surface area (Å²) in [6.07, 6.45) is 5.35. The third kappa shape index (κ3) is 5.76. The molecular weight excluding hydrogens is 460 g/mol. The quantitative estimate of drug-likeness (QED) is 0.474. The number of carbonyl (C=O) groups excluding carboxylic acids is 1. The van der Waals surface area contributed by atoms with Crippen molar-refractivity contribution in [3.05, 3.63) is 59.4 Å². The van der Waals surface area contributed by atoms with E-state index in [2.05, 4.69) is 36.2 Å². The molecule has 2 heterocycles. The Morgan fingerprint density at radius 3 is 2.40 bits per heavy atom. The number of hydrogen-bond donors (Lipinski definition) is 0. The van der Waals surface area contributed by atoms with Crippen molar-refractivity contribution < 1.29 is 13.2 Å². The Kier molecular flexibility index (Phi) is 7.62. The van der Waals surface area contributed by atoms with Crippen molar-refractivity contribution in [1.82, 2.24) is 18.8 Å². The Labute approximate surface area is 208 Å². The second-order valence-corrected chi connectivity index (χ2v) is 12.0. The molecule has 3 aromatic rings. The van der Waals surface area contributed by atoms with Gasteiger partial charge in [0.1, 0.15) is 5.82 Å². The van der Waals surface area contributed by atoms with Crippen LogP contribution in [-0.4, -0.2) is 60.3 Å². The number of nitrogens with zero attached hydrogens (tertiary/aromatic N) is 4. The van der Waals surface area contributed by atoms with Crippen LogP contribution in [0.15, 0.2) is 47.4 Å². The highest BCUT2D eigenvalue weighted by atomic mass is 32.2. The van der Waals surface area contributed by atoms with Gasteiger partial charge in [0.2, 0.25) is 15.9 Å². The lowest BCUT2D eigenvalue weighted by atomic mass is 9.90. The number of piperidine rings is 1. The highest BCUT2D eigenvalue weighted by Crippen LogP contribution is 2.24. The molecular formula is C27H36N4O3S. The molecule has 2 aromatic carbocycles. The van der Waals surface area contributed by atoms with Crippen LogP contribution in [0.2, 0.25) is 0 Å². The fraction of sp³-hybridized carbons (Fsp3) is 0.481. The van der Waals surface area contributed by atoms with E-state index >= 15 is 0 Å². The molecule has 0 saturated carbocycles. The molecule has 0 aliphatic carbocycles. The van der Waals surface area contributed by atoms with Crippen LogP contribution in [-0.2, 0) is 34.7 Å². The van der Waals surface area contributed by atoms with E-state index in [4.69, 9.17) is 0 Å². The maximum Gasteiger partial charge on any atom is 0.242 e. The lowest BCUT2D eigenvalue weighted by Crippen LogP contribution is -2.38. The van der Waals surface area contributed by atoms with E-state index in [1.807, 2.05) is 16.5 Å². The number of likely N-dealkylation sites (tertiary alicyclic amines) is 1. The van der Waals surface area contributed by atoms with E-state index in [9.17, 15) is 13.2 Å². The Morgan fingerprint density at radius 1 is 1.06 bits per heavy atom. The maximum atomic E-state index is 12.9. The number of carbonyl (C=O) groups is 1. The van der Waals surface area contributed by atoms with E-state index in [-0.39, 0.29) is 10.8 Å². The molecule has 0 radical (unpaired) electrons. The lowest BCUT2D eigenvalue weighted by Gasteiger charge is -2.32. The van der Waals surface area contributed by atoms with Crippen LogP contribution in [0.1, 0.15) is 42.6 Å². The van der Waals surface area contributed by atoms with Crippen LogP contribution in [0.5, 0.6) is 0 Å². The zero-order valence-electron chi connectivity index (χ0n) is 21.2. The van der Waals surface area contributed by atoms with E-state index in [1.165, 1.54) is 35.9 Å². The largest absolute Gasteiger partial charge is 0.343 e. The molecule has 1 aliphatic rings. The van der Waals surface area contributed by atoms with Gasteiger partial charge in [-0.3, -0.25) is 4.79 Å². The van der Waals surface area contributed by atoms with Crippen LogP contribution < -0.4 is 0 Å². The average Bonchev–Trinajstić information content (AvgIpc) is 3.17. The van der Waals surface area contributed by atoms with Crippen molar-refractivity contribution in [1.29, 1.82) is 0 Å². The number of hydrogen-bond acceptors (Lipinski definition) is 4. The minimum atomic E-state index is -3.52. The highest BCUT2D eigenvalue weighted by Gasteiger charge is 2.23. The number of rotatable bonds is 8. The SMILES string of the molecule is Cc1ccc(CCC2CCN(C(=O)CCc3nc4cc(S(=O)(=O)N(C)C)ccc4n3C)CC2)cc1. The van der Waals surface area contributed by atoms with Crippen LogP contribution >= 0.6 is 0 Å². The Bertz CT molecular complexity index is 1290. The molecule has 1 fully saturated rings. The van der Waals surface area contributed by atoms with Crippen molar-refractivity contribution in [3.63, 3.8) is 0 Å². The van der Waals surface area contributed by atoms with Crippen molar-refractivity contribution >= 4 is 27.0 Å².